The molecule has 0 aliphatic carbocycles. The van der Waals surface area contributed by atoms with Crippen molar-refractivity contribution >= 4 is 38.8 Å². The maximum Gasteiger partial charge on any atom is 0.259 e. The van der Waals surface area contributed by atoms with Crippen molar-refractivity contribution in [3.8, 4) is 0 Å². The third-order valence-electron chi connectivity index (χ3n) is 9.89. The topological polar surface area (TPSA) is 80.3 Å². The summed E-state index contributed by atoms with van der Waals surface area (Å²) in [5.74, 6) is -0.901. The van der Waals surface area contributed by atoms with Crippen LogP contribution in [0.1, 0.15) is 240 Å². The maximum atomic E-state index is 13.0. The monoisotopic (exact) mass is 795 g/mol. The summed E-state index contributed by atoms with van der Waals surface area (Å²) in [6.45, 7) is 4.53. The Balaban J connectivity index is 2.17. The maximum absolute atomic E-state index is 13.0. The first-order chi connectivity index (χ1) is 24.0. The van der Waals surface area contributed by atoms with Crippen molar-refractivity contribution in [1.29, 1.82) is 0 Å². The number of carbonyl (C=O) groups is 3. The highest BCUT2D eigenvalue weighted by Gasteiger charge is 2.20. The van der Waals surface area contributed by atoms with Gasteiger partial charge < -0.3 is 0 Å². The molecule has 282 valence electrons. The van der Waals surface area contributed by atoms with Gasteiger partial charge in [0.2, 0.25) is 5.91 Å². The van der Waals surface area contributed by atoms with Gasteiger partial charge in [-0.25, -0.2) is 0 Å². The Kier molecular flexibility index (Phi) is 31.3. The molecule has 0 bridgehead atoms. The van der Waals surface area contributed by atoms with E-state index in [1.165, 1.54) is 154 Å². The van der Waals surface area contributed by atoms with Crippen LogP contribution in [0.15, 0.2) is 18.2 Å². The molecule has 0 aromatic heterocycles. The molecule has 0 aliphatic rings. The van der Waals surface area contributed by atoms with Gasteiger partial charge in [0.05, 0.1) is 9.13 Å². The zero-order valence-corrected chi connectivity index (χ0v) is 34.0. The second kappa shape index (κ2) is 33.7. The average molecular weight is 796 g/mol. The molecule has 0 atom stereocenters. The number of Topliss-reactive ketones (excluding diaryl/α,β-unsaturated/α-hetero) is 1. The van der Waals surface area contributed by atoms with E-state index in [1.807, 2.05) is 0 Å². The van der Waals surface area contributed by atoms with Crippen LogP contribution in [0.3, 0.4) is 0 Å². The van der Waals surface area contributed by atoms with Crippen LogP contribution < -0.4 is 5.32 Å². The van der Waals surface area contributed by atoms with Gasteiger partial charge in [0.1, 0.15) is 0 Å². The van der Waals surface area contributed by atoms with Crippen molar-refractivity contribution in [3.05, 3.63) is 32.9 Å². The van der Waals surface area contributed by atoms with Crippen molar-refractivity contribution in [1.82, 2.24) is 5.32 Å². The van der Waals surface area contributed by atoms with Gasteiger partial charge >= 0.3 is 0 Å². The van der Waals surface area contributed by atoms with Crippen LogP contribution in [0.2, 0.25) is 0 Å². The van der Waals surface area contributed by atoms with E-state index in [9.17, 15) is 17.5 Å². The second-order valence-electron chi connectivity index (χ2n) is 14.4. The van der Waals surface area contributed by atoms with E-state index in [2.05, 4.69) is 19.2 Å². The molecule has 1 aromatic carbocycles. The summed E-state index contributed by atoms with van der Waals surface area (Å²) in [6.07, 6.45) is 38.8. The molecule has 0 unspecified atom stereocenters. The highest BCUT2D eigenvalue weighted by Crippen LogP contribution is 2.24. The second-order valence-corrected chi connectivity index (χ2v) is 16.0. The summed E-state index contributed by atoms with van der Waals surface area (Å²) in [4.78, 5) is 38.4. The predicted molar refractivity (Wildman–Crippen MR) is 216 cm³/mol. The first-order valence-electron chi connectivity index (χ1n) is 20.8. The summed E-state index contributed by atoms with van der Waals surface area (Å²) in [5, 5.41) is 2.48. The molecule has 2 amide bonds. The number of unbranched alkanes of at least 4 members (excludes halogenated alkanes) is 28. The lowest BCUT2D eigenvalue weighted by molar-refractivity contribution is -0.120. The van der Waals surface area contributed by atoms with Gasteiger partial charge in [-0.3, -0.25) is 22.8 Å². The molecule has 1 N–H and O–H groups in total. The highest BCUT2D eigenvalue weighted by atomic mass is 127. The molecule has 0 saturated carbocycles. The van der Waals surface area contributed by atoms with E-state index in [1.54, 1.807) is 18.2 Å². The zero-order chi connectivity index (χ0) is 35.6. The van der Waals surface area contributed by atoms with Gasteiger partial charge in [-0.1, -0.05) is 206 Å². The summed E-state index contributed by atoms with van der Waals surface area (Å²) >= 11 is -1.74. The van der Waals surface area contributed by atoms with Crippen molar-refractivity contribution in [2.24, 2.45) is 0 Å². The predicted octanol–water partition coefficient (Wildman–Crippen LogP) is 14.1. The quantitative estimate of drug-likeness (QED) is 0.0421. The van der Waals surface area contributed by atoms with Crippen molar-refractivity contribution < 1.29 is 17.5 Å². The van der Waals surface area contributed by atoms with Crippen molar-refractivity contribution in [2.75, 3.05) is 0 Å². The van der Waals surface area contributed by atoms with E-state index < -0.39 is 27.1 Å². The molecule has 49 heavy (non-hydrogen) atoms. The Morgan fingerprint density at radius 2 is 0.796 bits per heavy atom. The van der Waals surface area contributed by atoms with Crippen LogP contribution >= 0.6 is 21.2 Å². The van der Waals surface area contributed by atoms with Crippen molar-refractivity contribution in [3.63, 3.8) is 0 Å². The van der Waals surface area contributed by atoms with Gasteiger partial charge in [-0.2, -0.15) is 0 Å². The number of hydrogen-bond donors (Lipinski definition) is 1. The molecule has 0 aliphatic heterocycles. The summed E-state index contributed by atoms with van der Waals surface area (Å²) in [6, 6.07) is 4.92. The van der Waals surface area contributed by atoms with Crippen LogP contribution in [-0.4, -0.2) is 17.6 Å². The minimum absolute atomic E-state index is 0.0565. The Morgan fingerprint density at radius 3 is 1.16 bits per heavy atom. The van der Waals surface area contributed by atoms with Crippen LogP contribution in [-0.2, 0) is 7.86 Å². The number of halogens is 1. The van der Waals surface area contributed by atoms with Crippen LogP contribution in [0.5, 0.6) is 0 Å². The SMILES string of the molecule is CCCCCCCCCCCCCCCCCC(=O)NC(=O)c1cccc(C(=O)CCCCCCCCCCCCCCCCC)c1I=O. The summed E-state index contributed by atoms with van der Waals surface area (Å²) in [5.41, 5.74) is 0.589. The van der Waals surface area contributed by atoms with Crippen LogP contribution in [0.25, 0.3) is 0 Å². The van der Waals surface area contributed by atoms with E-state index in [-0.39, 0.29) is 17.3 Å². The normalized spacial score (nSPS) is 11.2. The van der Waals surface area contributed by atoms with E-state index >= 15 is 0 Å². The lowest BCUT2D eigenvalue weighted by atomic mass is 10.0. The standard InChI is InChI=1S/C43H74INO4/c1-3-5-7-9-11-13-15-17-19-21-23-25-27-29-31-36-40(46)38-34-33-35-39(42(38)44-49)43(48)45-41(47)37-32-30-28-26-24-22-20-18-16-14-12-10-8-6-4-2/h33-35H,3-32,36-37H2,1-2H3,(H,45,47,48). The number of hydrogen-bond acceptors (Lipinski definition) is 4. The number of imide groups is 1. The Morgan fingerprint density at radius 1 is 0.469 bits per heavy atom. The molecule has 1 rings (SSSR count). The molecular weight excluding hydrogens is 721 g/mol. The number of amides is 2. The Hall–Kier alpha value is -1.44. The van der Waals surface area contributed by atoms with E-state index in [0.29, 0.717) is 22.0 Å². The third-order valence-corrected chi connectivity index (χ3v) is 11.5. The van der Waals surface area contributed by atoms with E-state index in [4.69, 9.17) is 0 Å². The number of nitrogens with one attached hydrogen (secondary N) is 1. The largest absolute Gasteiger partial charge is 0.294 e. The molecule has 1 aromatic rings. The fourth-order valence-corrected chi connectivity index (χ4v) is 8.09. The van der Waals surface area contributed by atoms with Gasteiger partial charge in [-0.05, 0) is 18.9 Å². The fourth-order valence-electron chi connectivity index (χ4n) is 6.71. The number of benzene rings is 1. The molecular formula is C43H74INO4. The highest BCUT2D eigenvalue weighted by molar-refractivity contribution is 14.1. The van der Waals surface area contributed by atoms with Gasteiger partial charge in [0.15, 0.2) is 27.0 Å². The lowest BCUT2D eigenvalue weighted by Gasteiger charge is -2.10. The minimum Gasteiger partial charge on any atom is -0.294 e. The summed E-state index contributed by atoms with van der Waals surface area (Å²) < 4.78 is 12.5. The number of ketones is 1. The van der Waals surface area contributed by atoms with Gasteiger partial charge in [0.25, 0.3) is 5.91 Å². The number of rotatable bonds is 35. The molecule has 0 radical (unpaired) electrons. The Bertz CT molecular complexity index is 994. The first-order valence-corrected chi connectivity index (χ1v) is 22.8. The molecule has 6 heteroatoms. The van der Waals surface area contributed by atoms with Gasteiger partial charge in [0, 0.05) is 18.4 Å². The molecule has 0 heterocycles. The van der Waals surface area contributed by atoms with E-state index in [0.717, 1.165) is 38.5 Å². The minimum atomic E-state index is -1.74. The lowest BCUT2D eigenvalue weighted by Crippen LogP contribution is -2.31. The van der Waals surface area contributed by atoms with Gasteiger partial charge in [-0.15, -0.1) is 0 Å². The first kappa shape index (κ1) is 45.6. The summed E-state index contributed by atoms with van der Waals surface area (Å²) in [7, 11) is 0. The average Bonchev–Trinajstić information content (AvgIpc) is 3.11. The zero-order valence-electron chi connectivity index (χ0n) is 31.9. The van der Waals surface area contributed by atoms with Crippen LogP contribution in [0.4, 0.5) is 0 Å². The molecule has 0 saturated heterocycles. The van der Waals surface area contributed by atoms with Crippen LogP contribution in [0, 0.1) is 3.57 Å². The van der Waals surface area contributed by atoms with Crippen molar-refractivity contribution in [2.45, 2.75) is 219 Å². The molecule has 0 spiro atoms. The number of carbonyl (C=O) groups excluding carboxylic acids is 3. The molecule has 5 nitrogen and oxygen atoms in total. The fraction of sp³-hybridized carbons (Fsp3) is 0.791. The smallest absolute Gasteiger partial charge is 0.259 e. The molecule has 0 fully saturated rings. The third kappa shape index (κ3) is 25.2. The Labute approximate surface area is 312 Å².